The zero-order chi connectivity index (χ0) is 18.0. The molecule has 1 atom stereocenters. The number of carbonyl (C=O) groups is 1. The maximum Gasteiger partial charge on any atom is 0.259 e. The minimum atomic E-state index is -0.212. The van der Waals surface area contributed by atoms with Crippen molar-refractivity contribution in [2.24, 2.45) is 7.05 Å². The molecule has 0 aliphatic carbocycles. The molecule has 1 amide bonds. The summed E-state index contributed by atoms with van der Waals surface area (Å²) < 4.78 is 7.47. The van der Waals surface area contributed by atoms with E-state index >= 15 is 0 Å². The topological polar surface area (TPSA) is 51.5 Å². The molecule has 1 fully saturated rings. The van der Waals surface area contributed by atoms with Crippen LogP contribution in [0.15, 0.2) is 29.2 Å². The first-order valence-electron chi connectivity index (χ1n) is 8.94. The summed E-state index contributed by atoms with van der Waals surface area (Å²) in [5.74, 6) is -0.212. The lowest BCUT2D eigenvalue weighted by Gasteiger charge is -2.19. The lowest BCUT2D eigenvalue weighted by molar-refractivity contribution is 0.0761. The molecule has 1 saturated heterocycles. The van der Waals surface area contributed by atoms with Crippen molar-refractivity contribution in [1.82, 2.24) is 9.47 Å². The number of pyridine rings is 1. The summed E-state index contributed by atoms with van der Waals surface area (Å²) in [7, 11) is 3.63. The molecule has 5 heteroatoms. The fourth-order valence-electron chi connectivity index (χ4n) is 3.49. The van der Waals surface area contributed by atoms with Crippen molar-refractivity contribution in [3.8, 4) is 0 Å². The van der Waals surface area contributed by atoms with Crippen LogP contribution >= 0.6 is 0 Å². The third-order valence-electron chi connectivity index (χ3n) is 4.96. The lowest BCUT2D eigenvalue weighted by atomic mass is 10.1. The van der Waals surface area contributed by atoms with Crippen molar-refractivity contribution in [3.05, 3.63) is 45.7 Å². The summed E-state index contributed by atoms with van der Waals surface area (Å²) in [6.07, 6.45) is 6.08. The van der Waals surface area contributed by atoms with Gasteiger partial charge in [0.05, 0.1) is 11.6 Å². The molecule has 3 rings (SSSR count). The van der Waals surface area contributed by atoms with E-state index in [2.05, 4.69) is 0 Å². The molecule has 0 spiro atoms. The van der Waals surface area contributed by atoms with Crippen LogP contribution in [-0.2, 0) is 11.8 Å². The molecule has 2 aromatic rings. The first-order chi connectivity index (χ1) is 12.0. The first-order valence-corrected chi connectivity index (χ1v) is 8.94. The number of benzene rings is 1. The maximum absolute atomic E-state index is 12.8. The number of aromatic nitrogens is 1. The Labute approximate surface area is 148 Å². The number of ether oxygens (including phenoxy) is 1. The molecule has 1 aromatic heterocycles. The number of amides is 1. The Hall–Kier alpha value is -2.14. The van der Waals surface area contributed by atoms with Gasteiger partial charge in [-0.05, 0) is 44.7 Å². The number of hydrogen-bond donors (Lipinski definition) is 0. The van der Waals surface area contributed by atoms with Crippen LogP contribution in [0.2, 0.25) is 0 Å². The smallest absolute Gasteiger partial charge is 0.259 e. The lowest BCUT2D eigenvalue weighted by Crippen LogP contribution is -2.32. The van der Waals surface area contributed by atoms with Crippen molar-refractivity contribution in [3.63, 3.8) is 0 Å². The Morgan fingerprint density at radius 3 is 2.92 bits per heavy atom. The van der Waals surface area contributed by atoms with E-state index < -0.39 is 0 Å². The third-order valence-corrected chi connectivity index (χ3v) is 4.96. The van der Waals surface area contributed by atoms with Crippen LogP contribution < -0.4 is 5.43 Å². The molecule has 5 nitrogen and oxygen atoms in total. The van der Waals surface area contributed by atoms with E-state index in [1.54, 1.807) is 18.1 Å². The molecule has 0 saturated carbocycles. The maximum atomic E-state index is 12.8. The highest BCUT2D eigenvalue weighted by molar-refractivity contribution is 5.97. The summed E-state index contributed by atoms with van der Waals surface area (Å²) >= 11 is 0. The van der Waals surface area contributed by atoms with Crippen molar-refractivity contribution >= 4 is 16.8 Å². The summed E-state index contributed by atoms with van der Waals surface area (Å²) in [5.41, 5.74) is 1.90. The number of hydrogen-bond acceptors (Lipinski definition) is 3. The fourth-order valence-corrected chi connectivity index (χ4v) is 3.49. The molecule has 0 radical (unpaired) electrons. The van der Waals surface area contributed by atoms with Crippen LogP contribution in [0.5, 0.6) is 0 Å². The van der Waals surface area contributed by atoms with Gasteiger partial charge in [0.2, 0.25) is 5.43 Å². The fraction of sp³-hybridized carbons (Fsp3) is 0.500. The second-order valence-corrected chi connectivity index (χ2v) is 7.01. The molecule has 0 bridgehead atoms. The van der Waals surface area contributed by atoms with Crippen molar-refractivity contribution in [2.75, 3.05) is 20.2 Å². The number of aryl methyl sites for hydroxylation is 2. The molecule has 0 N–H and O–H groups in total. The van der Waals surface area contributed by atoms with Gasteiger partial charge in [-0.2, -0.15) is 0 Å². The van der Waals surface area contributed by atoms with Crippen molar-refractivity contribution in [2.45, 2.75) is 38.7 Å². The van der Waals surface area contributed by atoms with Crippen molar-refractivity contribution in [1.29, 1.82) is 0 Å². The highest BCUT2D eigenvalue weighted by Crippen LogP contribution is 2.17. The number of rotatable bonds is 5. The van der Waals surface area contributed by atoms with Gasteiger partial charge in [0.15, 0.2) is 0 Å². The Bertz CT molecular complexity index is 835. The Kier molecular flexibility index (Phi) is 5.23. The average molecular weight is 342 g/mol. The van der Waals surface area contributed by atoms with Crippen LogP contribution in [0.3, 0.4) is 0 Å². The molecule has 1 aliphatic heterocycles. The quantitative estimate of drug-likeness (QED) is 0.839. The van der Waals surface area contributed by atoms with Gasteiger partial charge in [-0.15, -0.1) is 0 Å². The highest BCUT2D eigenvalue weighted by Gasteiger charge is 2.19. The van der Waals surface area contributed by atoms with Gasteiger partial charge in [0.1, 0.15) is 5.56 Å². The monoisotopic (exact) mass is 342 g/mol. The minimum absolute atomic E-state index is 0.187. The van der Waals surface area contributed by atoms with Crippen LogP contribution in [-0.4, -0.2) is 41.7 Å². The van der Waals surface area contributed by atoms with E-state index in [9.17, 15) is 9.59 Å². The Morgan fingerprint density at radius 2 is 2.20 bits per heavy atom. The van der Waals surface area contributed by atoms with E-state index in [1.807, 2.05) is 36.7 Å². The van der Waals surface area contributed by atoms with E-state index in [0.717, 1.165) is 43.4 Å². The van der Waals surface area contributed by atoms with Crippen LogP contribution in [0.25, 0.3) is 10.9 Å². The van der Waals surface area contributed by atoms with Gasteiger partial charge >= 0.3 is 0 Å². The molecule has 25 heavy (non-hydrogen) atoms. The number of fused-ring (bicyclic) bond motifs is 1. The molecular formula is C20H26N2O3. The number of nitrogens with zero attached hydrogens (tertiary/aromatic N) is 2. The summed E-state index contributed by atoms with van der Waals surface area (Å²) in [4.78, 5) is 27.2. The zero-order valence-electron chi connectivity index (χ0n) is 15.2. The van der Waals surface area contributed by atoms with Gasteiger partial charge in [0.25, 0.3) is 5.91 Å². The largest absolute Gasteiger partial charge is 0.378 e. The van der Waals surface area contributed by atoms with E-state index in [0.29, 0.717) is 18.0 Å². The second kappa shape index (κ2) is 7.40. The summed E-state index contributed by atoms with van der Waals surface area (Å²) in [5, 5.41) is 0.598. The predicted octanol–water partition coefficient (Wildman–Crippen LogP) is 2.88. The second-order valence-electron chi connectivity index (χ2n) is 7.01. The Morgan fingerprint density at radius 1 is 1.40 bits per heavy atom. The molecule has 2 heterocycles. The standard InChI is InChI=1S/C20H26N2O3/c1-14-8-9-18-16(12-14)19(23)17(13-22(18)3)20(24)21(2)10-4-6-15-7-5-11-25-15/h8-9,12-13,15H,4-7,10-11H2,1-3H3/t15-/m0/s1. The van der Waals surface area contributed by atoms with E-state index in [1.165, 1.54) is 0 Å². The van der Waals surface area contributed by atoms with Crippen LogP contribution in [0.1, 0.15) is 41.6 Å². The van der Waals surface area contributed by atoms with Crippen LogP contribution in [0.4, 0.5) is 0 Å². The zero-order valence-corrected chi connectivity index (χ0v) is 15.2. The summed E-state index contributed by atoms with van der Waals surface area (Å²) in [6.45, 7) is 3.43. The first kappa shape index (κ1) is 17.7. The van der Waals surface area contributed by atoms with Gasteiger partial charge < -0.3 is 14.2 Å². The highest BCUT2D eigenvalue weighted by atomic mass is 16.5. The Balaban J connectivity index is 1.76. The molecule has 134 valence electrons. The van der Waals surface area contributed by atoms with Gasteiger partial charge in [-0.25, -0.2) is 0 Å². The molecular weight excluding hydrogens is 316 g/mol. The SMILES string of the molecule is Cc1ccc2c(c1)c(=O)c(C(=O)N(C)CCC[C@H]1CCCO1)cn2C. The van der Waals surface area contributed by atoms with Gasteiger partial charge in [0, 0.05) is 38.8 Å². The average Bonchev–Trinajstić information content (AvgIpc) is 3.10. The summed E-state index contributed by atoms with van der Waals surface area (Å²) in [6, 6.07) is 5.75. The molecule has 0 unspecified atom stereocenters. The van der Waals surface area contributed by atoms with Crippen LogP contribution in [0, 0.1) is 6.92 Å². The van der Waals surface area contributed by atoms with E-state index in [4.69, 9.17) is 4.74 Å². The molecule has 1 aliphatic rings. The normalized spacial score (nSPS) is 17.2. The number of carbonyl (C=O) groups excluding carboxylic acids is 1. The minimum Gasteiger partial charge on any atom is -0.378 e. The van der Waals surface area contributed by atoms with Gasteiger partial charge in [-0.1, -0.05) is 11.6 Å². The third kappa shape index (κ3) is 3.76. The van der Waals surface area contributed by atoms with E-state index in [-0.39, 0.29) is 16.9 Å². The molecule has 1 aromatic carbocycles. The predicted molar refractivity (Wildman–Crippen MR) is 99.1 cm³/mol. The van der Waals surface area contributed by atoms with Crippen molar-refractivity contribution < 1.29 is 9.53 Å². The van der Waals surface area contributed by atoms with Gasteiger partial charge in [-0.3, -0.25) is 9.59 Å².